The van der Waals surface area contributed by atoms with Crippen LogP contribution in [0.2, 0.25) is 0 Å². The Kier molecular flexibility index (Phi) is 6.89. The minimum Gasteiger partial charge on any atom is -0.479 e. The highest BCUT2D eigenvalue weighted by Crippen LogP contribution is 2.37. The van der Waals surface area contributed by atoms with Crippen LogP contribution in [0.25, 0.3) is 22.8 Å². The number of allylic oxidation sites excluding steroid dienone is 4. The van der Waals surface area contributed by atoms with Crippen LogP contribution < -0.4 is 4.74 Å². The number of nitrogens with zero attached hydrogens (tertiary/aromatic N) is 8. The van der Waals surface area contributed by atoms with E-state index in [-0.39, 0.29) is 17.7 Å². The molecule has 5 heterocycles. The number of hydrogen-bond donors (Lipinski definition) is 0. The van der Waals surface area contributed by atoms with Crippen LogP contribution in [-0.4, -0.2) is 46.4 Å². The van der Waals surface area contributed by atoms with E-state index >= 15 is 0 Å². The topological polar surface area (TPSA) is 96.4 Å². The molecule has 37 heavy (non-hydrogen) atoms. The highest BCUT2D eigenvalue weighted by molar-refractivity contribution is 5.73. The van der Waals surface area contributed by atoms with Gasteiger partial charge in [0.05, 0.1) is 24.7 Å². The van der Waals surface area contributed by atoms with E-state index in [0.29, 0.717) is 28.8 Å². The number of aryl methyl sites for hydroxylation is 2. The summed E-state index contributed by atoms with van der Waals surface area (Å²) in [7, 11) is 1.59. The summed E-state index contributed by atoms with van der Waals surface area (Å²) >= 11 is 0. The van der Waals surface area contributed by atoms with Crippen molar-refractivity contribution in [2.24, 2.45) is 5.92 Å². The van der Waals surface area contributed by atoms with E-state index < -0.39 is 0 Å². The van der Waals surface area contributed by atoms with Crippen molar-refractivity contribution >= 4 is 5.57 Å². The predicted molar refractivity (Wildman–Crippen MR) is 138 cm³/mol. The van der Waals surface area contributed by atoms with Crippen LogP contribution >= 0.6 is 0 Å². The summed E-state index contributed by atoms with van der Waals surface area (Å²) in [5.41, 5.74) is 2.71. The third-order valence-corrected chi connectivity index (χ3v) is 6.55. The molecule has 0 N–H and O–H groups in total. The Morgan fingerprint density at radius 2 is 2.00 bits per heavy atom. The van der Waals surface area contributed by atoms with Crippen molar-refractivity contribution in [2.75, 3.05) is 7.11 Å². The molecular formula is C27H29FN8O. The molecule has 190 valence electrons. The Hall–Kier alpha value is -4.21. The molecule has 0 radical (unpaired) electrons. The largest absolute Gasteiger partial charge is 0.479 e. The first-order chi connectivity index (χ1) is 18.0. The molecule has 10 heteroatoms. The van der Waals surface area contributed by atoms with E-state index in [4.69, 9.17) is 14.8 Å². The third-order valence-electron chi connectivity index (χ3n) is 6.55. The highest BCUT2D eigenvalue weighted by Gasteiger charge is 2.29. The zero-order valence-corrected chi connectivity index (χ0v) is 21.3. The molecule has 1 aliphatic rings. The fraction of sp³-hybridized carbons (Fsp3) is 0.333. The Labute approximate surface area is 214 Å². The maximum Gasteiger partial charge on any atom is 0.238 e. The number of aromatic nitrogens is 8. The van der Waals surface area contributed by atoms with Crippen molar-refractivity contribution < 1.29 is 9.13 Å². The van der Waals surface area contributed by atoms with E-state index in [0.717, 1.165) is 36.6 Å². The molecule has 2 atom stereocenters. The summed E-state index contributed by atoms with van der Waals surface area (Å²) in [6.45, 7) is 6.45. The van der Waals surface area contributed by atoms with Crippen molar-refractivity contribution in [1.29, 1.82) is 0 Å². The van der Waals surface area contributed by atoms with E-state index in [1.54, 1.807) is 38.8 Å². The maximum absolute atomic E-state index is 14.8. The van der Waals surface area contributed by atoms with Gasteiger partial charge in [-0.25, -0.2) is 34.0 Å². The number of imidazole rings is 1. The number of ether oxygens (including phenoxy) is 1. The zero-order chi connectivity index (χ0) is 25.9. The van der Waals surface area contributed by atoms with Gasteiger partial charge in [0.1, 0.15) is 23.0 Å². The molecule has 0 fully saturated rings. The summed E-state index contributed by atoms with van der Waals surface area (Å²) < 4.78 is 24.2. The maximum atomic E-state index is 14.8. The van der Waals surface area contributed by atoms with Crippen LogP contribution in [0.1, 0.15) is 49.9 Å². The van der Waals surface area contributed by atoms with E-state index in [1.165, 1.54) is 6.08 Å². The van der Waals surface area contributed by atoms with Crippen molar-refractivity contribution in [3.05, 3.63) is 78.4 Å². The van der Waals surface area contributed by atoms with Gasteiger partial charge in [-0.05, 0) is 50.8 Å². The fourth-order valence-electron chi connectivity index (χ4n) is 4.68. The third kappa shape index (κ3) is 4.91. The van der Waals surface area contributed by atoms with Gasteiger partial charge in [-0.2, -0.15) is 0 Å². The van der Waals surface area contributed by atoms with Gasteiger partial charge in [-0.15, -0.1) is 5.10 Å². The molecule has 4 aromatic heterocycles. The number of hydrogen-bond acceptors (Lipinski definition) is 7. The van der Waals surface area contributed by atoms with E-state index in [1.807, 2.05) is 40.6 Å². The van der Waals surface area contributed by atoms with Gasteiger partial charge in [0.25, 0.3) is 0 Å². The Bertz CT molecular complexity index is 1460. The minimum absolute atomic E-state index is 0.0186. The Balaban J connectivity index is 1.48. The highest BCUT2D eigenvalue weighted by atomic mass is 19.1. The summed E-state index contributed by atoms with van der Waals surface area (Å²) in [5.74, 6) is 1.94. The lowest BCUT2D eigenvalue weighted by Gasteiger charge is -2.26. The molecule has 9 nitrogen and oxygen atoms in total. The van der Waals surface area contributed by atoms with Gasteiger partial charge in [0.2, 0.25) is 5.88 Å². The molecule has 0 saturated carbocycles. The summed E-state index contributed by atoms with van der Waals surface area (Å²) in [6, 6.07) is 5.53. The molecule has 0 saturated heterocycles. The molecule has 0 spiro atoms. The van der Waals surface area contributed by atoms with Gasteiger partial charge in [-0.3, -0.25) is 0 Å². The Morgan fingerprint density at radius 3 is 2.70 bits per heavy atom. The number of methoxy groups -OCH3 is 1. The van der Waals surface area contributed by atoms with Crippen molar-refractivity contribution in [3.8, 4) is 23.1 Å². The predicted octanol–water partition coefficient (Wildman–Crippen LogP) is 5.10. The summed E-state index contributed by atoms with van der Waals surface area (Å²) in [6.07, 6.45) is 12.1. The second-order valence-corrected chi connectivity index (χ2v) is 9.06. The lowest BCUT2D eigenvalue weighted by Crippen LogP contribution is -2.21. The minimum atomic E-state index is -0.347. The van der Waals surface area contributed by atoms with Gasteiger partial charge < -0.3 is 9.30 Å². The molecule has 4 aromatic rings. The van der Waals surface area contributed by atoms with Gasteiger partial charge in [0.15, 0.2) is 11.6 Å². The van der Waals surface area contributed by atoms with Crippen LogP contribution in [0.15, 0.2) is 61.1 Å². The van der Waals surface area contributed by atoms with E-state index in [2.05, 4.69) is 26.9 Å². The lowest BCUT2D eigenvalue weighted by molar-refractivity contribution is 0.370. The molecule has 5 rings (SSSR count). The average molecular weight is 501 g/mol. The molecule has 0 aromatic carbocycles. The van der Waals surface area contributed by atoms with E-state index in [9.17, 15) is 4.39 Å². The number of fused-ring (bicyclic) bond motifs is 1. The standard InChI is InChI=1S/C27H29FN8O/c1-5-21(28)20(24-29-11-7-12-30-24)14-17(2)19-8-6-13-36-26(19)33-25(34-36)22-9-10-23(27(32-22)37-4)35-15-18(3)31-16-35/h5,7,9-12,14-17,19H,6,8,13H2,1-4H3. The Morgan fingerprint density at radius 1 is 1.19 bits per heavy atom. The summed E-state index contributed by atoms with van der Waals surface area (Å²) in [5, 5.41) is 4.76. The normalized spacial score (nSPS) is 16.9. The molecule has 2 unspecified atom stereocenters. The monoisotopic (exact) mass is 500 g/mol. The number of pyridine rings is 1. The quantitative estimate of drug-likeness (QED) is 0.326. The van der Waals surface area contributed by atoms with Crippen LogP contribution in [0, 0.1) is 12.8 Å². The van der Waals surface area contributed by atoms with Crippen LogP contribution in [0.4, 0.5) is 4.39 Å². The first kappa shape index (κ1) is 24.5. The molecular weight excluding hydrogens is 471 g/mol. The second-order valence-electron chi connectivity index (χ2n) is 9.06. The van der Waals surface area contributed by atoms with Crippen molar-refractivity contribution in [3.63, 3.8) is 0 Å². The molecule has 0 amide bonds. The SMILES string of the molecule is CC=C(F)C(=CC(C)C1CCCn2nc(-c3ccc(-n4cnc(C)c4)c(OC)n3)nc21)c1ncccn1. The van der Waals surface area contributed by atoms with Gasteiger partial charge >= 0.3 is 0 Å². The van der Waals surface area contributed by atoms with Crippen LogP contribution in [0.5, 0.6) is 5.88 Å². The number of rotatable bonds is 7. The van der Waals surface area contributed by atoms with Crippen LogP contribution in [0.3, 0.4) is 0 Å². The first-order valence-electron chi connectivity index (χ1n) is 12.3. The smallest absolute Gasteiger partial charge is 0.238 e. The van der Waals surface area contributed by atoms with Crippen molar-refractivity contribution in [1.82, 2.24) is 39.3 Å². The fourth-order valence-corrected chi connectivity index (χ4v) is 4.68. The lowest BCUT2D eigenvalue weighted by atomic mass is 9.85. The summed E-state index contributed by atoms with van der Waals surface area (Å²) in [4.78, 5) is 22.4. The van der Waals surface area contributed by atoms with Gasteiger partial charge in [-0.1, -0.05) is 19.1 Å². The molecule has 0 aliphatic carbocycles. The zero-order valence-electron chi connectivity index (χ0n) is 21.3. The average Bonchev–Trinajstić information content (AvgIpc) is 3.57. The number of halogens is 1. The van der Waals surface area contributed by atoms with Crippen molar-refractivity contribution in [2.45, 2.75) is 46.1 Å². The molecule has 1 aliphatic heterocycles. The second kappa shape index (κ2) is 10.4. The first-order valence-corrected chi connectivity index (χ1v) is 12.3. The van der Waals surface area contributed by atoms with Crippen LogP contribution in [-0.2, 0) is 6.54 Å². The molecule has 0 bridgehead atoms. The van der Waals surface area contributed by atoms with Gasteiger partial charge in [0, 0.05) is 31.1 Å².